The lowest BCUT2D eigenvalue weighted by atomic mass is 9.96. The van der Waals surface area contributed by atoms with Crippen LogP contribution in [0.5, 0.6) is 0 Å². The van der Waals surface area contributed by atoms with E-state index in [1.54, 1.807) is 42.1 Å². The molecule has 0 amide bonds. The van der Waals surface area contributed by atoms with Gasteiger partial charge in [0.05, 0.1) is 10.5 Å². The zero-order valence-corrected chi connectivity index (χ0v) is 16.9. The number of nitro groups is 1. The molecule has 0 saturated heterocycles. The predicted molar refractivity (Wildman–Crippen MR) is 112 cm³/mol. The van der Waals surface area contributed by atoms with Gasteiger partial charge in [-0.15, -0.1) is 11.3 Å². The molecule has 0 saturated carbocycles. The van der Waals surface area contributed by atoms with Gasteiger partial charge in [0.1, 0.15) is 11.1 Å². The summed E-state index contributed by atoms with van der Waals surface area (Å²) in [7, 11) is 0. The summed E-state index contributed by atoms with van der Waals surface area (Å²) in [5.41, 5.74) is 2.32. The van der Waals surface area contributed by atoms with E-state index in [9.17, 15) is 15.4 Å². The number of non-ortho nitro benzene ring substituents is 1. The summed E-state index contributed by atoms with van der Waals surface area (Å²) in [4.78, 5) is 25.7. The van der Waals surface area contributed by atoms with Crippen molar-refractivity contribution >= 4 is 40.0 Å². The molecule has 144 valence electrons. The molecule has 9 heteroatoms. The van der Waals surface area contributed by atoms with Gasteiger partial charge in [-0.25, -0.2) is 15.0 Å². The average molecular weight is 422 g/mol. The van der Waals surface area contributed by atoms with E-state index < -0.39 is 4.92 Å². The largest absolute Gasteiger partial charge is 0.270 e. The van der Waals surface area contributed by atoms with Crippen molar-refractivity contribution < 1.29 is 4.92 Å². The molecule has 1 aromatic carbocycles. The van der Waals surface area contributed by atoms with Gasteiger partial charge < -0.3 is 0 Å². The maximum atomic E-state index is 11.2. The Bertz CT molecular complexity index is 1140. The highest BCUT2D eigenvalue weighted by molar-refractivity contribution is 7.99. The minimum absolute atomic E-state index is 0.0178. The van der Waals surface area contributed by atoms with E-state index >= 15 is 0 Å². The maximum absolute atomic E-state index is 11.2. The molecule has 0 bridgehead atoms. The van der Waals surface area contributed by atoms with Crippen LogP contribution in [0, 0.1) is 21.4 Å². The number of aryl methyl sites for hydroxylation is 1. The molecular weight excluding hydrogens is 406 g/mol. The predicted octanol–water partition coefficient (Wildman–Crippen LogP) is 5.10. The van der Waals surface area contributed by atoms with E-state index in [1.165, 1.54) is 28.8 Å². The van der Waals surface area contributed by atoms with E-state index in [4.69, 9.17) is 0 Å². The molecule has 7 nitrogen and oxygen atoms in total. The Morgan fingerprint density at radius 3 is 2.83 bits per heavy atom. The van der Waals surface area contributed by atoms with Gasteiger partial charge in [-0.2, -0.15) is 5.26 Å². The number of fused-ring (bicyclic) bond motifs is 1. The zero-order valence-electron chi connectivity index (χ0n) is 15.2. The molecule has 2 aromatic heterocycles. The van der Waals surface area contributed by atoms with Crippen LogP contribution in [0.2, 0.25) is 0 Å². The number of nitriles is 1. The lowest BCUT2D eigenvalue weighted by molar-refractivity contribution is -0.384. The van der Waals surface area contributed by atoms with Crippen molar-refractivity contribution in [3.05, 3.63) is 68.3 Å². The van der Waals surface area contributed by atoms with E-state index in [1.807, 2.05) is 0 Å². The average Bonchev–Trinajstić information content (AvgIpc) is 3.11. The topological polar surface area (TPSA) is 105 Å². The molecule has 2 heterocycles. The number of aliphatic imine (C=N–C) groups is 1. The number of aromatic nitrogens is 2. The fraction of sp³-hybridized carbons (Fsp3) is 0.200. The first kappa shape index (κ1) is 19.2. The van der Waals surface area contributed by atoms with Gasteiger partial charge in [0.25, 0.3) is 5.69 Å². The number of hydrogen-bond acceptors (Lipinski definition) is 8. The first-order chi connectivity index (χ1) is 14.2. The van der Waals surface area contributed by atoms with Crippen LogP contribution in [0.1, 0.15) is 34.4 Å². The van der Waals surface area contributed by atoms with Crippen LogP contribution in [0.15, 0.2) is 51.7 Å². The number of nitro benzene ring substituents is 1. The second-order valence-corrected chi connectivity index (χ2v) is 8.47. The highest BCUT2D eigenvalue weighted by Crippen LogP contribution is 2.39. The Hall–Kier alpha value is -3.09. The van der Waals surface area contributed by atoms with Crippen molar-refractivity contribution in [3.8, 4) is 6.07 Å². The third kappa shape index (κ3) is 4.18. The Morgan fingerprint density at radius 2 is 2.07 bits per heavy atom. The smallest absolute Gasteiger partial charge is 0.258 e. The van der Waals surface area contributed by atoms with Crippen LogP contribution in [-0.4, -0.2) is 21.1 Å². The van der Waals surface area contributed by atoms with Crippen molar-refractivity contribution in [2.75, 3.05) is 0 Å². The molecule has 0 fully saturated rings. The summed E-state index contributed by atoms with van der Waals surface area (Å²) in [6.07, 6.45) is 8.99. The Labute approximate surface area is 175 Å². The minimum atomic E-state index is -0.435. The van der Waals surface area contributed by atoms with Crippen molar-refractivity contribution in [1.29, 1.82) is 5.26 Å². The van der Waals surface area contributed by atoms with Gasteiger partial charge in [-0.3, -0.25) is 10.1 Å². The molecule has 1 aliphatic rings. The lowest BCUT2D eigenvalue weighted by Crippen LogP contribution is -1.99. The van der Waals surface area contributed by atoms with E-state index in [2.05, 4.69) is 21.0 Å². The molecule has 0 unspecified atom stereocenters. The highest BCUT2D eigenvalue weighted by atomic mass is 32.2. The van der Waals surface area contributed by atoms with Gasteiger partial charge >= 0.3 is 0 Å². The molecule has 4 rings (SSSR count). The fourth-order valence-corrected chi connectivity index (χ4v) is 5.14. The molecule has 0 N–H and O–H groups in total. The van der Waals surface area contributed by atoms with Gasteiger partial charge in [-0.1, -0.05) is 0 Å². The third-order valence-corrected chi connectivity index (χ3v) is 6.72. The molecule has 29 heavy (non-hydrogen) atoms. The number of hydrogen-bond donors (Lipinski definition) is 0. The van der Waals surface area contributed by atoms with Crippen molar-refractivity contribution in [2.45, 2.75) is 35.7 Å². The molecule has 0 atom stereocenters. The zero-order chi connectivity index (χ0) is 20.2. The first-order valence-corrected chi connectivity index (χ1v) is 10.6. The van der Waals surface area contributed by atoms with Crippen LogP contribution in [0.3, 0.4) is 0 Å². The van der Waals surface area contributed by atoms with Crippen LogP contribution in [0.4, 0.5) is 10.7 Å². The standard InChI is InChI=1S/C20H15N5O2S2/c21-11-16-15-4-1-2-5-18(15)28-19(16)24-12-13-10-14(25(26)27)6-7-17(13)29-20-22-8-3-9-23-20/h3,6-10,12H,1-2,4-5H2. The van der Waals surface area contributed by atoms with Crippen LogP contribution in [0.25, 0.3) is 0 Å². The summed E-state index contributed by atoms with van der Waals surface area (Å²) >= 11 is 2.85. The van der Waals surface area contributed by atoms with E-state index in [0.29, 0.717) is 21.3 Å². The summed E-state index contributed by atoms with van der Waals surface area (Å²) in [5, 5.41) is 22.0. The second kappa shape index (κ2) is 8.51. The van der Waals surface area contributed by atoms with Gasteiger partial charge in [0, 0.05) is 46.1 Å². The Morgan fingerprint density at radius 1 is 1.28 bits per heavy atom. The second-order valence-electron chi connectivity index (χ2n) is 6.37. The maximum Gasteiger partial charge on any atom is 0.270 e. The SMILES string of the molecule is N#Cc1c(N=Cc2cc([N+](=O)[O-])ccc2Sc2ncccn2)sc2c1CCCC2. The van der Waals surface area contributed by atoms with Gasteiger partial charge in [0.2, 0.25) is 0 Å². The normalized spacial score (nSPS) is 13.2. The summed E-state index contributed by atoms with van der Waals surface area (Å²) in [5.74, 6) is 0. The third-order valence-electron chi connectivity index (χ3n) is 4.53. The molecule has 3 aromatic rings. The summed E-state index contributed by atoms with van der Waals surface area (Å²) < 4.78 is 0. The van der Waals surface area contributed by atoms with Crippen LogP contribution < -0.4 is 0 Å². The summed E-state index contributed by atoms with van der Waals surface area (Å²) in [6.45, 7) is 0. The van der Waals surface area contributed by atoms with Crippen LogP contribution in [-0.2, 0) is 12.8 Å². The fourth-order valence-electron chi connectivity index (χ4n) is 3.17. The van der Waals surface area contributed by atoms with Gasteiger partial charge in [0.15, 0.2) is 5.16 Å². The van der Waals surface area contributed by atoms with Crippen molar-refractivity contribution in [3.63, 3.8) is 0 Å². The molecule has 0 radical (unpaired) electrons. The highest BCUT2D eigenvalue weighted by Gasteiger charge is 2.20. The van der Waals surface area contributed by atoms with Crippen molar-refractivity contribution in [2.24, 2.45) is 4.99 Å². The monoisotopic (exact) mass is 421 g/mol. The molecular formula is C20H15N5O2S2. The summed E-state index contributed by atoms with van der Waals surface area (Å²) in [6, 6.07) is 8.62. The number of benzene rings is 1. The number of nitrogens with zero attached hydrogens (tertiary/aromatic N) is 5. The molecule has 1 aliphatic carbocycles. The van der Waals surface area contributed by atoms with E-state index in [-0.39, 0.29) is 5.69 Å². The molecule has 0 spiro atoms. The molecule has 0 aliphatic heterocycles. The number of rotatable bonds is 5. The van der Waals surface area contributed by atoms with Gasteiger partial charge in [-0.05, 0) is 55.1 Å². The quantitative estimate of drug-likeness (QED) is 0.246. The Kier molecular flexibility index (Phi) is 5.64. The van der Waals surface area contributed by atoms with Crippen LogP contribution >= 0.6 is 23.1 Å². The van der Waals surface area contributed by atoms with Crippen molar-refractivity contribution in [1.82, 2.24) is 9.97 Å². The lowest BCUT2D eigenvalue weighted by Gasteiger charge is -2.09. The number of thiophene rings is 1. The van der Waals surface area contributed by atoms with E-state index in [0.717, 1.165) is 36.1 Å². The minimum Gasteiger partial charge on any atom is -0.258 e. The first-order valence-electron chi connectivity index (χ1n) is 8.97. The Balaban J connectivity index is 1.72.